The molecule has 28 heavy (non-hydrogen) atoms. The van der Waals surface area contributed by atoms with Crippen LogP contribution in [0.15, 0.2) is 59.6 Å². The van der Waals surface area contributed by atoms with E-state index in [1.54, 1.807) is 24.3 Å². The number of amides is 2. The van der Waals surface area contributed by atoms with E-state index in [9.17, 15) is 9.59 Å². The van der Waals surface area contributed by atoms with Crippen molar-refractivity contribution in [1.82, 2.24) is 5.32 Å². The number of para-hydroxylation sites is 1. The van der Waals surface area contributed by atoms with Crippen molar-refractivity contribution in [3.05, 3.63) is 60.2 Å². The highest BCUT2D eigenvalue weighted by atomic mass is 16.5. The van der Waals surface area contributed by atoms with Gasteiger partial charge in [-0.25, -0.2) is 4.99 Å². The quantitative estimate of drug-likeness (QED) is 0.549. The van der Waals surface area contributed by atoms with Crippen molar-refractivity contribution < 1.29 is 14.3 Å². The number of nitrogens with one attached hydrogen (secondary N) is 3. The van der Waals surface area contributed by atoms with Crippen LogP contribution >= 0.6 is 0 Å². The molecule has 1 saturated heterocycles. The summed E-state index contributed by atoms with van der Waals surface area (Å²) < 4.78 is 5.61. The SMILES string of the molecule is CC(=O)Nc1cccc(C(=O)NC(=NC[C@@H]2CCCO2)Nc2ccccc2)c1. The number of anilines is 2. The summed E-state index contributed by atoms with van der Waals surface area (Å²) in [5, 5.41) is 8.64. The van der Waals surface area contributed by atoms with E-state index in [-0.39, 0.29) is 17.9 Å². The van der Waals surface area contributed by atoms with E-state index < -0.39 is 0 Å². The maximum Gasteiger partial charge on any atom is 0.258 e. The first-order valence-corrected chi connectivity index (χ1v) is 9.27. The minimum atomic E-state index is -0.318. The minimum Gasteiger partial charge on any atom is -0.376 e. The predicted molar refractivity (Wildman–Crippen MR) is 110 cm³/mol. The van der Waals surface area contributed by atoms with Crippen molar-refractivity contribution in [3.63, 3.8) is 0 Å². The van der Waals surface area contributed by atoms with Gasteiger partial charge >= 0.3 is 0 Å². The zero-order valence-corrected chi connectivity index (χ0v) is 15.8. The molecule has 0 radical (unpaired) electrons. The number of hydrogen-bond acceptors (Lipinski definition) is 4. The van der Waals surface area contributed by atoms with Crippen LogP contribution in [0.25, 0.3) is 0 Å². The van der Waals surface area contributed by atoms with Crippen LogP contribution in [-0.4, -0.2) is 37.0 Å². The number of nitrogens with zero attached hydrogens (tertiary/aromatic N) is 1. The van der Waals surface area contributed by atoms with Crippen LogP contribution in [0, 0.1) is 0 Å². The largest absolute Gasteiger partial charge is 0.376 e. The van der Waals surface area contributed by atoms with Gasteiger partial charge in [0.1, 0.15) is 0 Å². The molecule has 0 aliphatic carbocycles. The summed E-state index contributed by atoms with van der Waals surface area (Å²) in [5.41, 5.74) is 1.81. The van der Waals surface area contributed by atoms with E-state index in [2.05, 4.69) is 20.9 Å². The van der Waals surface area contributed by atoms with E-state index in [1.807, 2.05) is 30.3 Å². The van der Waals surface area contributed by atoms with Gasteiger partial charge in [0.05, 0.1) is 12.6 Å². The first-order valence-electron chi connectivity index (χ1n) is 9.27. The molecule has 146 valence electrons. The summed E-state index contributed by atoms with van der Waals surface area (Å²) in [5.74, 6) is -0.152. The number of carbonyl (C=O) groups is 2. The molecule has 3 N–H and O–H groups in total. The Morgan fingerprint density at radius 3 is 2.57 bits per heavy atom. The molecule has 2 aromatic carbocycles. The number of hydrogen-bond donors (Lipinski definition) is 3. The number of ether oxygens (including phenoxy) is 1. The summed E-state index contributed by atoms with van der Waals surface area (Å²) in [4.78, 5) is 28.5. The van der Waals surface area contributed by atoms with E-state index >= 15 is 0 Å². The lowest BCUT2D eigenvalue weighted by atomic mass is 10.2. The van der Waals surface area contributed by atoms with Crippen LogP contribution in [0.4, 0.5) is 11.4 Å². The van der Waals surface area contributed by atoms with Crippen molar-refractivity contribution >= 4 is 29.1 Å². The van der Waals surface area contributed by atoms with E-state index in [0.717, 1.165) is 25.1 Å². The van der Waals surface area contributed by atoms with Gasteiger partial charge in [0.25, 0.3) is 5.91 Å². The van der Waals surface area contributed by atoms with Gasteiger partial charge < -0.3 is 15.4 Å². The van der Waals surface area contributed by atoms with Crippen LogP contribution < -0.4 is 16.0 Å². The third kappa shape index (κ3) is 5.92. The molecular formula is C21H24N4O3. The Kier molecular flexibility index (Phi) is 6.75. The molecule has 0 bridgehead atoms. The molecule has 7 nitrogen and oxygen atoms in total. The Bertz CT molecular complexity index is 846. The molecule has 7 heteroatoms. The zero-order chi connectivity index (χ0) is 19.8. The Morgan fingerprint density at radius 1 is 1.07 bits per heavy atom. The Hall–Kier alpha value is -3.19. The number of guanidine groups is 1. The van der Waals surface area contributed by atoms with E-state index in [1.165, 1.54) is 6.92 Å². The van der Waals surface area contributed by atoms with Crippen LogP contribution in [0.1, 0.15) is 30.1 Å². The van der Waals surface area contributed by atoms with Crippen molar-refractivity contribution in [2.45, 2.75) is 25.9 Å². The molecule has 1 fully saturated rings. The van der Waals surface area contributed by atoms with Crippen molar-refractivity contribution in [3.8, 4) is 0 Å². The average Bonchev–Trinajstić information content (AvgIpc) is 3.20. The van der Waals surface area contributed by atoms with Crippen molar-refractivity contribution in [1.29, 1.82) is 0 Å². The maximum absolute atomic E-state index is 12.7. The lowest BCUT2D eigenvalue weighted by Gasteiger charge is -2.14. The Morgan fingerprint density at radius 2 is 1.86 bits per heavy atom. The molecule has 2 aromatic rings. The summed E-state index contributed by atoms with van der Waals surface area (Å²) in [6, 6.07) is 16.3. The topological polar surface area (TPSA) is 91.8 Å². The highest BCUT2D eigenvalue weighted by Gasteiger charge is 2.16. The normalized spacial score (nSPS) is 16.5. The molecule has 1 atom stereocenters. The van der Waals surface area contributed by atoms with Crippen molar-refractivity contribution in [2.24, 2.45) is 4.99 Å². The molecular weight excluding hydrogens is 356 g/mol. The Labute approximate surface area is 164 Å². The second-order valence-corrected chi connectivity index (χ2v) is 6.53. The molecule has 1 heterocycles. The first kappa shape index (κ1) is 19.6. The highest BCUT2D eigenvalue weighted by Crippen LogP contribution is 2.13. The van der Waals surface area contributed by atoms with Crippen molar-refractivity contribution in [2.75, 3.05) is 23.8 Å². The van der Waals surface area contributed by atoms with Gasteiger partial charge in [0.15, 0.2) is 0 Å². The van der Waals surface area contributed by atoms with Crippen LogP contribution in [0.3, 0.4) is 0 Å². The average molecular weight is 380 g/mol. The van der Waals surface area contributed by atoms with Crippen LogP contribution in [-0.2, 0) is 9.53 Å². The summed E-state index contributed by atoms with van der Waals surface area (Å²) in [6.45, 7) is 2.65. The smallest absolute Gasteiger partial charge is 0.258 e. The second-order valence-electron chi connectivity index (χ2n) is 6.53. The minimum absolute atomic E-state index is 0.0765. The number of aliphatic imine (C=N–C) groups is 1. The molecule has 0 unspecified atom stereocenters. The molecule has 0 saturated carbocycles. The lowest BCUT2D eigenvalue weighted by molar-refractivity contribution is -0.114. The van der Waals surface area contributed by atoms with Gasteiger partial charge in [-0.05, 0) is 43.2 Å². The molecule has 3 rings (SSSR count). The monoisotopic (exact) mass is 380 g/mol. The van der Waals surface area contributed by atoms with Gasteiger partial charge in [-0.1, -0.05) is 24.3 Å². The first-order chi connectivity index (χ1) is 13.6. The predicted octanol–water partition coefficient (Wildman–Crippen LogP) is 3.02. The van der Waals surface area contributed by atoms with Gasteiger partial charge in [0, 0.05) is 30.5 Å². The fourth-order valence-electron chi connectivity index (χ4n) is 2.87. The molecule has 1 aliphatic heterocycles. The lowest BCUT2D eigenvalue weighted by Crippen LogP contribution is -2.36. The second kappa shape index (κ2) is 9.66. The summed E-state index contributed by atoms with van der Waals surface area (Å²) in [7, 11) is 0. The zero-order valence-electron chi connectivity index (χ0n) is 15.8. The number of benzene rings is 2. The van der Waals surface area contributed by atoms with Gasteiger partial charge in [-0.15, -0.1) is 0 Å². The maximum atomic E-state index is 12.7. The summed E-state index contributed by atoms with van der Waals surface area (Å²) in [6.07, 6.45) is 2.08. The van der Waals surface area contributed by atoms with Gasteiger partial charge in [-0.2, -0.15) is 0 Å². The van der Waals surface area contributed by atoms with E-state index in [4.69, 9.17) is 4.74 Å². The molecule has 2 amide bonds. The molecule has 0 aromatic heterocycles. The standard InChI is InChI=1S/C21H24N4O3/c1-15(26)23-18-10-5-7-16(13-18)20(27)25-21(22-14-19-11-6-12-28-19)24-17-8-3-2-4-9-17/h2-5,7-10,13,19H,6,11-12,14H2,1H3,(H,23,26)(H2,22,24,25,27)/t19-/m0/s1. The summed E-state index contributed by atoms with van der Waals surface area (Å²) >= 11 is 0. The number of carbonyl (C=O) groups excluding carboxylic acids is 2. The van der Waals surface area contributed by atoms with Crippen LogP contribution in [0.5, 0.6) is 0 Å². The van der Waals surface area contributed by atoms with Gasteiger partial charge in [-0.3, -0.25) is 14.9 Å². The molecule has 0 spiro atoms. The third-order valence-corrected chi connectivity index (χ3v) is 4.19. The highest BCUT2D eigenvalue weighted by molar-refractivity contribution is 6.10. The fraction of sp³-hybridized carbons (Fsp3) is 0.286. The van der Waals surface area contributed by atoms with Crippen LogP contribution in [0.2, 0.25) is 0 Å². The Balaban J connectivity index is 1.73. The van der Waals surface area contributed by atoms with E-state index in [0.29, 0.717) is 23.8 Å². The number of rotatable bonds is 5. The molecule has 1 aliphatic rings. The van der Waals surface area contributed by atoms with Gasteiger partial charge in [0.2, 0.25) is 11.9 Å². The fourth-order valence-corrected chi connectivity index (χ4v) is 2.87. The third-order valence-electron chi connectivity index (χ3n) is 4.19.